The lowest BCUT2D eigenvalue weighted by molar-refractivity contribution is 0.0473. The Hall–Kier alpha value is -1.79. The van der Waals surface area contributed by atoms with Crippen LogP contribution in [0.4, 0.5) is 5.69 Å². The van der Waals surface area contributed by atoms with Gasteiger partial charge in [0.05, 0.1) is 23.4 Å². The van der Waals surface area contributed by atoms with Crippen molar-refractivity contribution in [1.29, 1.82) is 0 Å². The highest BCUT2D eigenvalue weighted by Gasteiger charge is 2.35. The summed E-state index contributed by atoms with van der Waals surface area (Å²) in [6.07, 6.45) is 3.40. The number of hydrogen-bond acceptors (Lipinski definition) is 6. The van der Waals surface area contributed by atoms with E-state index in [1.54, 1.807) is 19.2 Å². The van der Waals surface area contributed by atoms with E-state index >= 15 is 0 Å². The topological polar surface area (TPSA) is 77.4 Å². The molecule has 5 rings (SSSR count). The van der Waals surface area contributed by atoms with E-state index in [4.69, 9.17) is 26.6 Å². The number of piperidine rings is 3. The largest absolute Gasteiger partial charge is 0.496 e. The number of nitrogens with two attached hydrogens (primary N) is 1. The molecule has 24 heavy (non-hydrogen) atoms. The Morgan fingerprint density at radius 1 is 1.38 bits per heavy atom. The maximum absolute atomic E-state index is 6.13. The first-order valence-corrected chi connectivity index (χ1v) is 8.70. The number of aromatic nitrogens is 2. The molecule has 3 aliphatic heterocycles. The van der Waals surface area contributed by atoms with Gasteiger partial charge in [0, 0.05) is 19.0 Å². The van der Waals surface area contributed by atoms with Gasteiger partial charge in [0.1, 0.15) is 5.75 Å². The lowest BCUT2D eigenvalue weighted by Gasteiger charge is -2.44. The van der Waals surface area contributed by atoms with Crippen LogP contribution in [0.15, 0.2) is 16.7 Å². The van der Waals surface area contributed by atoms with Crippen LogP contribution in [0.2, 0.25) is 5.02 Å². The number of nitrogen functional groups attached to an aromatic ring is 1. The number of halogens is 1. The van der Waals surface area contributed by atoms with Crippen molar-refractivity contribution >= 4 is 17.3 Å². The smallest absolute Gasteiger partial charge is 0.227 e. The summed E-state index contributed by atoms with van der Waals surface area (Å²) in [5, 5.41) is 4.57. The van der Waals surface area contributed by atoms with Crippen LogP contribution >= 0.6 is 11.6 Å². The minimum Gasteiger partial charge on any atom is -0.496 e. The third kappa shape index (κ3) is 2.84. The van der Waals surface area contributed by atoms with Crippen LogP contribution in [0.5, 0.6) is 5.75 Å². The maximum atomic E-state index is 6.13. The molecule has 3 fully saturated rings. The molecule has 1 aromatic carbocycles. The van der Waals surface area contributed by atoms with Crippen LogP contribution in [0, 0.1) is 11.8 Å². The van der Waals surface area contributed by atoms with Gasteiger partial charge in [-0.25, -0.2) is 0 Å². The molecule has 2 aromatic rings. The molecule has 0 radical (unpaired) electrons. The highest BCUT2D eigenvalue weighted by atomic mass is 35.5. The molecule has 3 saturated heterocycles. The quantitative estimate of drug-likeness (QED) is 0.856. The Balaban J connectivity index is 1.56. The first kappa shape index (κ1) is 15.7. The van der Waals surface area contributed by atoms with Crippen molar-refractivity contribution in [1.82, 2.24) is 15.0 Å². The predicted molar refractivity (Wildman–Crippen MR) is 92.1 cm³/mol. The monoisotopic (exact) mass is 348 g/mol. The third-order valence-electron chi connectivity index (χ3n) is 5.26. The molecule has 6 nitrogen and oxygen atoms in total. The van der Waals surface area contributed by atoms with Crippen LogP contribution in [0.25, 0.3) is 11.4 Å². The number of ether oxygens (including phenoxy) is 1. The summed E-state index contributed by atoms with van der Waals surface area (Å²) < 4.78 is 10.9. The van der Waals surface area contributed by atoms with Gasteiger partial charge in [0.15, 0.2) is 0 Å². The Morgan fingerprint density at radius 2 is 2.17 bits per heavy atom. The number of fused-ring (bicyclic) bond motifs is 3. The van der Waals surface area contributed by atoms with Crippen LogP contribution in [0.3, 0.4) is 0 Å². The fourth-order valence-corrected chi connectivity index (χ4v) is 4.07. The highest BCUT2D eigenvalue weighted by molar-refractivity contribution is 6.33. The van der Waals surface area contributed by atoms with E-state index in [9.17, 15) is 0 Å². The van der Waals surface area contributed by atoms with Crippen molar-refractivity contribution in [3.63, 3.8) is 0 Å². The van der Waals surface area contributed by atoms with Crippen LogP contribution in [-0.4, -0.2) is 41.8 Å². The number of anilines is 1. The molecular formula is C17H21ClN4O2. The number of nitrogens with zero attached hydrogens (tertiary/aromatic N) is 3. The summed E-state index contributed by atoms with van der Waals surface area (Å²) in [4.78, 5) is 7.09. The molecule has 0 spiro atoms. The first-order valence-electron chi connectivity index (χ1n) is 8.32. The summed E-state index contributed by atoms with van der Waals surface area (Å²) in [5.74, 6) is 3.15. The van der Waals surface area contributed by atoms with Gasteiger partial charge in [-0.05, 0) is 43.8 Å². The number of hydrogen-bond donors (Lipinski definition) is 1. The molecule has 0 aliphatic carbocycles. The van der Waals surface area contributed by atoms with Crippen molar-refractivity contribution in [3.05, 3.63) is 23.0 Å². The van der Waals surface area contributed by atoms with E-state index in [1.807, 2.05) is 0 Å². The minimum atomic E-state index is 0.453. The van der Waals surface area contributed by atoms with Gasteiger partial charge in [-0.15, -0.1) is 0 Å². The van der Waals surface area contributed by atoms with Gasteiger partial charge in [-0.3, -0.25) is 0 Å². The van der Waals surface area contributed by atoms with Crippen molar-refractivity contribution < 1.29 is 9.26 Å². The van der Waals surface area contributed by atoms with Gasteiger partial charge in [-0.2, -0.15) is 4.98 Å². The number of methoxy groups -OCH3 is 1. The summed E-state index contributed by atoms with van der Waals surface area (Å²) >= 11 is 6.13. The molecule has 0 saturated carbocycles. The molecule has 128 valence electrons. The minimum absolute atomic E-state index is 0.453. The van der Waals surface area contributed by atoms with E-state index in [2.05, 4.69) is 15.0 Å². The zero-order valence-corrected chi connectivity index (χ0v) is 14.4. The van der Waals surface area contributed by atoms with Crippen LogP contribution in [-0.2, 0) is 6.42 Å². The van der Waals surface area contributed by atoms with E-state index in [0.29, 0.717) is 39.7 Å². The Morgan fingerprint density at radius 3 is 2.83 bits per heavy atom. The molecule has 1 atom stereocenters. The summed E-state index contributed by atoms with van der Waals surface area (Å²) in [7, 11) is 1.58. The molecule has 7 heteroatoms. The van der Waals surface area contributed by atoms with Crippen molar-refractivity contribution in [2.75, 3.05) is 32.5 Å². The zero-order chi connectivity index (χ0) is 16.7. The molecule has 1 aromatic heterocycles. The van der Waals surface area contributed by atoms with E-state index in [1.165, 1.54) is 25.9 Å². The van der Waals surface area contributed by atoms with Crippen molar-refractivity contribution in [3.8, 4) is 17.1 Å². The summed E-state index contributed by atoms with van der Waals surface area (Å²) in [6, 6.07) is 3.40. The molecule has 0 amide bonds. The van der Waals surface area contributed by atoms with Gasteiger partial charge in [0.2, 0.25) is 11.7 Å². The van der Waals surface area contributed by atoms with Crippen molar-refractivity contribution in [2.45, 2.75) is 19.3 Å². The molecule has 2 bridgehead atoms. The van der Waals surface area contributed by atoms with Gasteiger partial charge >= 0.3 is 0 Å². The third-order valence-corrected chi connectivity index (χ3v) is 5.58. The lowest BCUT2D eigenvalue weighted by atomic mass is 9.77. The standard InChI is InChI=1S/C17H21ClN4O2/c1-23-15-8-14(19)13(18)7-12(15)17-20-16(24-21-17)6-11-9-22-4-2-10(11)3-5-22/h7-8,10-11H,2-6,9,19H2,1H3. The van der Waals surface area contributed by atoms with Crippen LogP contribution < -0.4 is 10.5 Å². The SMILES string of the molecule is COc1cc(N)c(Cl)cc1-c1noc(CC2CN3CCC2CC3)n1. The van der Waals surface area contributed by atoms with Crippen molar-refractivity contribution in [2.24, 2.45) is 11.8 Å². The Labute approximate surface area is 145 Å². The van der Waals surface area contributed by atoms with E-state index in [0.717, 1.165) is 18.9 Å². The molecule has 4 heterocycles. The lowest BCUT2D eigenvalue weighted by Crippen LogP contribution is -2.48. The Kier molecular flexibility index (Phi) is 4.10. The van der Waals surface area contributed by atoms with Gasteiger partial charge in [0.25, 0.3) is 0 Å². The predicted octanol–water partition coefficient (Wildman–Crippen LogP) is 2.87. The second kappa shape index (κ2) is 6.26. The molecule has 1 unspecified atom stereocenters. The fraction of sp³-hybridized carbons (Fsp3) is 0.529. The average Bonchev–Trinajstić information content (AvgIpc) is 3.06. The number of benzene rings is 1. The second-order valence-corrected chi connectivity index (χ2v) is 7.10. The summed E-state index contributed by atoms with van der Waals surface area (Å²) in [6.45, 7) is 3.61. The second-order valence-electron chi connectivity index (χ2n) is 6.69. The summed E-state index contributed by atoms with van der Waals surface area (Å²) in [5.41, 5.74) is 6.99. The molecular weight excluding hydrogens is 328 g/mol. The zero-order valence-electron chi connectivity index (χ0n) is 13.7. The average molecular weight is 349 g/mol. The fourth-order valence-electron chi connectivity index (χ4n) is 3.90. The maximum Gasteiger partial charge on any atom is 0.227 e. The normalized spacial score (nSPS) is 25.8. The molecule has 2 N–H and O–H groups in total. The Bertz CT molecular complexity index is 740. The highest BCUT2D eigenvalue weighted by Crippen LogP contribution is 2.36. The first-order chi connectivity index (χ1) is 11.6. The van der Waals surface area contributed by atoms with Gasteiger partial charge in [-0.1, -0.05) is 16.8 Å². The molecule has 3 aliphatic rings. The number of rotatable bonds is 4. The van der Waals surface area contributed by atoms with Gasteiger partial charge < -0.3 is 19.9 Å². The van der Waals surface area contributed by atoms with Crippen LogP contribution in [0.1, 0.15) is 18.7 Å². The van der Waals surface area contributed by atoms with E-state index in [-0.39, 0.29) is 0 Å². The van der Waals surface area contributed by atoms with E-state index < -0.39 is 0 Å².